The fraction of sp³-hybridized carbons (Fsp3) is 0.200. The smallest absolute Gasteiger partial charge is 0.306 e. The van der Waals surface area contributed by atoms with Crippen LogP contribution in [0.25, 0.3) is 0 Å². The van der Waals surface area contributed by atoms with E-state index in [1.165, 1.54) is 6.92 Å². The third-order valence-corrected chi connectivity index (χ3v) is 4.07. The van der Waals surface area contributed by atoms with Crippen LogP contribution in [0, 0.1) is 0 Å². The molecule has 29 heavy (non-hydrogen) atoms. The number of amides is 3. The molecule has 8 nitrogen and oxygen atoms in total. The van der Waals surface area contributed by atoms with E-state index in [1.807, 2.05) is 0 Å². The predicted molar refractivity (Wildman–Crippen MR) is 112 cm³/mol. The molecule has 0 heterocycles. The molecule has 0 fully saturated rings. The van der Waals surface area contributed by atoms with E-state index in [2.05, 4.69) is 31.9 Å². The Hall–Kier alpha value is -3.20. The normalized spacial score (nSPS) is 10.0. The lowest BCUT2D eigenvalue weighted by atomic mass is 10.2. The number of esters is 1. The number of nitrogens with one attached hydrogen (secondary N) is 3. The maximum Gasteiger partial charge on any atom is 0.306 e. The zero-order chi connectivity index (χ0) is 21.2. The number of hydrogen-bond acceptors (Lipinski definition) is 5. The van der Waals surface area contributed by atoms with E-state index in [-0.39, 0.29) is 24.7 Å². The van der Waals surface area contributed by atoms with Crippen LogP contribution in [0.15, 0.2) is 53.0 Å². The molecule has 9 heteroatoms. The van der Waals surface area contributed by atoms with Crippen molar-refractivity contribution < 1.29 is 23.9 Å². The van der Waals surface area contributed by atoms with Gasteiger partial charge in [0.1, 0.15) is 0 Å². The van der Waals surface area contributed by atoms with Crippen LogP contribution in [0.3, 0.4) is 0 Å². The molecule has 2 aromatic rings. The van der Waals surface area contributed by atoms with Gasteiger partial charge in [-0.05, 0) is 48.5 Å². The monoisotopic (exact) mass is 461 g/mol. The van der Waals surface area contributed by atoms with Crippen LogP contribution in [0.1, 0.15) is 19.8 Å². The first-order valence-corrected chi connectivity index (χ1v) is 9.49. The fourth-order valence-corrected chi connectivity index (χ4v) is 2.49. The fourth-order valence-electron chi connectivity index (χ4n) is 2.23. The Labute approximate surface area is 176 Å². The SMILES string of the molecule is CC(=O)Nc1ccc(NC(=O)COC(=O)CCC(=O)Nc2ccc(Br)cc2)cc1. The van der Waals surface area contributed by atoms with E-state index in [9.17, 15) is 19.2 Å². The number of ether oxygens (including phenoxy) is 1. The van der Waals surface area contributed by atoms with Crippen LogP contribution in [0.4, 0.5) is 17.1 Å². The molecule has 0 radical (unpaired) electrons. The summed E-state index contributed by atoms with van der Waals surface area (Å²) < 4.78 is 5.76. The Morgan fingerprint density at radius 3 is 1.79 bits per heavy atom. The summed E-state index contributed by atoms with van der Waals surface area (Å²) in [4.78, 5) is 46.4. The standard InChI is InChI=1S/C20H20BrN3O5/c1-13(25)22-15-6-8-17(9-7-15)24-19(27)12-29-20(28)11-10-18(26)23-16-4-2-14(21)3-5-16/h2-9H,10-12H2,1H3,(H,22,25)(H,23,26)(H,24,27). The third-order valence-electron chi connectivity index (χ3n) is 3.54. The first-order chi connectivity index (χ1) is 13.8. The van der Waals surface area contributed by atoms with Crippen molar-refractivity contribution in [1.82, 2.24) is 0 Å². The van der Waals surface area contributed by atoms with Crippen molar-refractivity contribution in [3.8, 4) is 0 Å². The molecule has 0 aromatic heterocycles. The van der Waals surface area contributed by atoms with Gasteiger partial charge in [0.2, 0.25) is 11.8 Å². The van der Waals surface area contributed by atoms with Crippen molar-refractivity contribution in [2.45, 2.75) is 19.8 Å². The van der Waals surface area contributed by atoms with Crippen LogP contribution in [-0.4, -0.2) is 30.3 Å². The minimum atomic E-state index is -0.646. The highest BCUT2D eigenvalue weighted by atomic mass is 79.9. The average molecular weight is 462 g/mol. The lowest BCUT2D eigenvalue weighted by molar-refractivity contribution is -0.147. The minimum absolute atomic E-state index is 0.0544. The molecule has 2 rings (SSSR count). The molecule has 3 N–H and O–H groups in total. The molecule has 0 unspecified atom stereocenters. The number of carbonyl (C=O) groups excluding carboxylic acids is 4. The summed E-state index contributed by atoms with van der Waals surface area (Å²) in [6, 6.07) is 13.5. The van der Waals surface area contributed by atoms with E-state index in [1.54, 1.807) is 48.5 Å². The van der Waals surface area contributed by atoms with Gasteiger partial charge in [-0.1, -0.05) is 15.9 Å². The molecule has 0 spiro atoms. The van der Waals surface area contributed by atoms with Crippen molar-refractivity contribution >= 4 is 56.7 Å². The molecule has 2 aromatic carbocycles. The highest BCUT2D eigenvalue weighted by Crippen LogP contribution is 2.15. The van der Waals surface area contributed by atoms with Gasteiger partial charge in [-0.3, -0.25) is 19.2 Å². The van der Waals surface area contributed by atoms with Gasteiger partial charge in [0.25, 0.3) is 5.91 Å². The Morgan fingerprint density at radius 1 is 0.759 bits per heavy atom. The number of anilines is 3. The number of rotatable bonds is 8. The van der Waals surface area contributed by atoms with Crippen LogP contribution < -0.4 is 16.0 Å². The van der Waals surface area contributed by atoms with E-state index < -0.39 is 18.5 Å². The summed E-state index contributed by atoms with van der Waals surface area (Å²) in [7, 11) is 0. The highest BCUT2D eigenvalue weighted by molar-refractivity contribution is 9.10. The van der Waals surface area contributed by atoms with E-state index in [4.69, 9.17) is 4.74 Å². The molecule has 0 saturated carbocycles. The Balaban J connectivity index is 1.67. The number of benzene rings is 2. The molecule has 0 saturated heterocycles. The van der Waals surface area contributed by atoms with Crippen LogP contribution >= 0.6 is 15.9 Å². The average Bonchev–Trinajstić information content (AvgIpc) is 2.68. The summed E-state index contributed by atoms with van der Waals surface area (Å²) in [5, 5.41) is 7.84. The Bertz CT molecular complexity index is 882. The molecule has 0 bridgehead atoms. The topological polar surface area (TPSA) is 114 Å². The van der Waals surface area contributed by atoms with Gasteiger partial charge in [-0.2, -0.15) is 0 Å². The molecule has 0 aliphatic carbocycles. The number of halogens is 1. The maximum absolute atomic E-state index is 11.8. The highest BCUT2D eigenvalue weighted by Gasteiger charge is 2.11. The van der Waals surface area contributed by atoms with Crippen molar-refractivity contribution in [3.05, 3.63) is 53.0 Å². The second-order valence-corrected chi connectivity index (χ2v) is 6.94. The quantitative estimate of drug-likeness (QED) is 0.521. The van der Waals surface area contributed by atoms with Gasteiger partial charge in [0.15, 0.2) is 6.61 Å². The third kappa shape index (κ3) is 8.56. The summed E-state index contributed by atoms with van der Waals surface area (Å²) in [5.41, 5.74) is 1.72. The zero-order valence-corrected chi connectivity index (χ0v) is 17.2. The van der Waals surface area contributed by atoms with Crippen molar-refractivity contribution in [2.24, 2.45) is 0 Å². The minimum Gasteiger partial charge on any atom is -0.456 e. The largest absolute Gasteiger partial charge is 0.456 e. The van der Waals surface area contributed by atoms with E-state index in [0.29, 0.717) is 17.1 Å². The van der Waals surface area contributed by atoms with E-state index in [0.717, 1.165) is 4.47 Å². The summed E-state index contributed by atoms with van der Waals surface area (Å²) in [6.45, 7) is 0.940. The molecular formula is C20H20BrN3O5. The number of hydrogen-bond donors (Lipinski definition) is 3. The molecule has 0 atom stereocenters. The lowest BCUT2D eigenvalue weighted by Gasteiger charge is -2.08. The first-order valence-electron chi connectivity index (χ1n) is 8.70. The Kier molecular flexibility index (Phi) is 8.35. The molecule has 152 valence electrons. The molecular weight excluding hydrogens is 442 g/mol. The first kappa shape index (κ1) is 22.1. The lowest BCUT2D eigenvalue weighted by Crippen LogP contribution is -2.21. The summed E-state index contributed by atoms with van der Waals surface area (Å²) in [5.74, 6) is -1.68. The van der Waals surface area contributed by atoms with Crippen LogP contribution in [-0.2, 0) is 23.9 Å². The van der Waals surface area contributed by atoms with Gasteiger partial charge in [-0.15, -0.1) is 0 Å². The van der Waals surface area contributed by atoms with Gasteiger partial charge < -0.3 is 20.7 Å². The maximum atomic E-state index is 11.8. The van der Waals surface area contributed by atoms with Gasteiger partial charge >= 0.3 is 5.97 Å². The van der Waals surface area contributed by atoms with E-state index >= 15 is 0 Å². The van der Waals surface area contributed by atoms with Crippen molar-refractivity contribution in [3.63, 3.8) is 0 Å². The van der Waals surface area contributed by atoms with Crippen molar-refractivity contribution in [1.29, 1.82) is 0 Å². The second kappa shape index (κ2) is 11.0. The molecule has 0 aliphatic rings. The van der Waals surface area contributed by atoms with Gasteiger partial charge in [0, 0.05) is 34.9 Å². The number of carbonyl (C=O) groups is 4. The molecule has 3 amide bonds. The van der Waals surface area contributed by atoms with Gasteiger partial charge in [0.05, 0.1) is 6.42 Å². The molecule has 0 aliphatic heterocycles. The van der Waals surface area contributed by atoms with Crippen LogP contribution in [0.5, 0.6) is 0 Å². The zero-order valence-electron chi connectivity index (χ0n) is 15.7. The second-order valence-electron chi connectivity index (χ2n) is 6.02. The summed E-state index contributed by atoms with van der Waals surface area (Å²) >= 11 is 3.30. The predicted octanol–water partition coefficient (Wildman–Crippen LogP) is 3.31. The Morgan fingerprint density at radius 2 is 1.24 bits per heavy atom. The van der Waals surface area contributed by atoms with Gasteiger partial charge in [-0.25, -0.2) is 0 Å². The summed E-state index contributed by atoms with van der Waals surface area (Å²) in [6.07, 6.45) is -0.192. The van der Waals surface area contributed by atoms with Crippen LogP contribution in [0.2, 0.25) is 0 Å². The van der Waals surface area contributed by atoms with Crippen molar-refractivity contribution in [2.75, 3.05) is 22.6 Å².